The third-order valence-corrected chi connectivity index (χ3v) is 5.26. The number of rotatable bonds is 6. The van der Waals surface area contributed by atoms with Crippen molar-refractivity contribution in [3.05, 3.63) is 51.4 Å². The third-order valence-electron chi connectivity index (χ3n) is 4.20. The molecular weight excluding hydrogens is 352 g/mol. The van der Waals surface area contributed by atoms with Crippen molar-refractivity contribution in [2.75, 3.05) is 18.9 Å². The molecule has 0 aliphatic rings. The molecule has 2 rings (SSSR count). The van der Waals surface area contributed by atoms with Gasteiger partial charge in [0.05, 0.1) is 5.56 Å². The SMILES string of the molecule is CCc1c(C)sc(NC(=O)c2cccc(C(=O)N(C)CC)c2)c1C(=O)O. The van der Waals surface area contributed by atoms with Gasteiger partial charge in [-0.1, -0.05) is 13.0 Å². The minimum atomic E-state index is -1.06. The van der Waals surface area contributed by atoms with Gasteiger partial charge >= 0.3 is 5.97 Å². The second-order valence-electron chi connectivity index (χ2n) is 5.85. The van der Waals surface area contributed by atoms with Crippen molar-refractivity contribution in [3.63, 3.8) is 0 Å². The summed E-state index contributed by atoms with van der Waals surface area (Å²) >= 11 is 1.25. The predicted molar refractivity (Wildman–Crippen MR) is 102 cm³/mol. The molecule has 2 N–H and O–H groups in total. The van der Waals surface area contributed by atoms with Gasteiger partial charge in [0.2, 0.25) is 0 Å². The number of carboxylic acid groups (broad SMARTS) is 1. The topological polar surface area (TPSA) is 86.7 Å². The lowest BCUT2D eigenvalue weighted by Gasteiger charge is -2.14. The highest BCUT2D eigenvalue weighted by molar-refractivity contribution is 7.16. The number of nitrogens with zero attached hydrogens (tertiary/aromatic N) is 1. The number of nitrogens with one attached hydrogen (secondary N) is 1. The molecule has 0 aliphatic carbocycles. The van der Waals surface area contributed by atoms with Crippen LogP contribution < -0.4 is 5.32 Å². The molecular formula is C19H22N2O4S. The Labute approximate surface area is 156 Å². The van der Waals surface area contributed by atoms with Gasteiger partial charge in [-0.15, -0.1) is 11.3 Å². The van der Waals surface area contributed by atoms with Crippen LogP contribution in [0.5, 0.6) is 0 Å². The number of aromatic carboxylic acids is 1. The number of anilines is 1. The van der Waals surface area contributed by atoms with Crippen LogP contribution in [0.4, 0.5) is 5.00 Å². The molecule has 138 valence electrons. The van der Waals surface area contributed by atoms with Crippen LogP contribution in [-0.4, -0.2) is 41.4 Å². The second-order valence-corrected chi connectivity index (χ2v) is 7.08. The summed E-state index contributed by atoms with van der Waals surface area (Å²) < 4.78 is 0. The first-order chi connectivity index (χ1) is 12.3. The Morgan fingerprint density at radius 2 is 1.85 bits per heavy atom. The molecule has 7 heteroatoms. The molecule has 0 bridgehead atoms. The summed E-state index contributed by atoms with van der Waals surface area (Å²) in [5, 5.41) is 12.5. The minimum absolute atomic E-state index is 0.140. The van der Waals surface area contributed by atoms with Gasteiger partial charge in [0.25, 0.3) is 11.8 Å². The maximum Gasteiger partial charge on any atom is 0.339 e. The van der Waals surface area contributed by atoms with Crippen LogP contribution in [-0.2, 0) is 6.42 Å². The number of thiophene rings is 1. The summed E-state index contributed by atoms with van der Waals surface area (Å²) in [6.45, 7) is 6.15. The summed E-state index contributed by atoms with van der Waals surface area (Å²) in [4.78, 5) is 38.9. The first-order valence-electron chi connectivity index (χ1n) is 8.32. The van der Waals surface area contributed by atoms with Crippen molar-refractivity contribution in [2.45, 2.75) is 27.2 Å². The lowest BCUT2D eigenvalue weighted by atomic mass is 10.1. The number of benzene rings is 1. The van der Waals surface area contributed by atoms with Crippen molar-refractivity contribution in [1.82, 2.24) is 4.90 Å². The zero-order valence-electron chi connectivity index (χ0n) is 15.3. The Balaban J connectivity index is 2.32. The van der Waals surface area contributed by atoms with Gasteiger partial charge < -0.3 is 15.3 Å². The zero-order chi connectivity index (χ0) is 19.4. The Kier molecular flexibility index (Phi) is 6.15. The number of hydrogen-bond donors (Lipinski definition) is 2. The molecule has 1 aromatic heterocycles. The van der Waals surface area contributed by atoms with E-state index in [1.54, 1.807) is 30.1 Å². The predicted octanol–water partition coefficient (Wildman–Crippen LogP) is 3.66. The molecule has 0 saturated heterocycles. The van der Waals surface area contributed by atoms with Crippen LogP contribution in [0.15, 0.2) is 24.3 Å². The summed E-state index contributed by atoms with van der Waals surface area (Å²) in [7, 11) is 1.69. The lowest BCUT2D eigenvalue weighted by Crippen LogP contribution is -2.26. The molecule has 0 radical (unpaired) electrons. The fourth-order valence-corrected chi connectivity index (χ4v) is 3.78. The quantitative estimate of drug-likeness (QED) is 0.808. The standard InChI is InChI=1S/C19H22N2O4S/c1-5-14-11(3)26-17(15(14)19(24)25)20-16(22)12-8-7-9-13(10-12)18(23)21(4)6-2/h7-10H,5-6H2,1-4H3,(H,20,22)(H,24,25). The average Bonchev–Trinajstić information content (AvgIpc) is 2.95. The fraction of sp³-hybridized carbons (Fsp3) is 0.316. The van der Waals surface area contributed by atoms with Crippen LogP contribution in [0.1, 0.15) is 55.4 Å². The van der Waals surface area contributed by atoms with Crippen LogP contribution in [0.3, 0.4) is 0 Å². The molecule has 1 aromatic carbocycles. The van der Waals surface area contributed by atoms with Crippen LogP contribution in [0, 0.1) is 6.92 Å². The van der Waals surface area contributed by atoms with Crippen molar-refractivity contribution in [3.8, 4) is 0 Å². The van der Waals surface area contributed by atoms with E-state index in [1.807, 2.05) is 20.8 Å². The lowest BCUT2D eigenvalue weighted by molar-refractivity contribution is 0.0696. The molecule has 26 heavy (non-hydrogen) atoms. The minimum Gasteiger partial charge on any atom is -0.478 e. The summed E-state index contributed by atoms with van der Waals surface area (Å²) in [6.07, 6.45) is 0.577. The molecule has 0 unspecified atom stereocenters. The fourth-order valence-electron chi connectivity index (χ4n) is 2.65. The Morgan fingerprint density at radius 3 is 2.42 bits per heavy atom. The third kappa shape index (κ3) is 3.94. The molecule has 1 heterocycles. The van der Waals surface area contributed by atoms with Gasteiger partial charge in [0.15, 0.2) is 0 Å². The smallest absolute Gasteiger partial charge is 0.339 e. The molecule has 0 saturated carbocycles. The van der Waals surface area contributed by atoms with E-state index in [9.17, 15) is 19.5 Å². The number of amides is 2. The van der Waals surface area contributed by atoms with E-state index >= 15 is 0 Å². The number of hydrogen-bond acceptors (Lipinski definition) is 4. The summed E-state index contributed by atoms with van der Waals surface area (Å²) in [5.74, 6) is -1.67. The maximum absolute atomic E-state index is 12.6. The molecule has 2 aromatic rings. The van der Waals surface area contributed by atoms with Crippen molar-refractivity contribution in [2.24, 2.45) is 0 Å². The molecule has 2 amide bonds. The van der Waals surface area contributed by atoms with E-state index in [0.717, 1.165) is 10.4 Å². The van der Waals surface area contributed by atoms with Gasteiger partial charge in [-0.25, -0.2) is 4.79 Å². The van der Waals surface area contributed by atoms with E-state index in [1.165, 1.54) is 17.4 Å². The molecule has 0 fully saturated rings. The average molecular weight is 374 g/mol. The summed E-state index contributed by atoms with van der Waals surface area (Å²) in [6, 6.07) is 6.41. The molecule has 0 aliphatic heterocycles. The van der Waals surface area contributed by atoms with E-state index in [4.69, 9.17) is 0 Å². The number of carboxylic acids is 1. The van der Waals surface area contributed by atoms with Gasteiger partial charge in [-0.05, 0) is 44.0 Å². The van der Waals surface area contributed by atoms with E-state index in [0.29, 0.717) is 29.1 Å². The maximum atomic E-state index is 12.6. The highest BCUT2D eigenvalue weighted by Crippen LogP contribution is 2.33. The summed E-state index contributed by atoms with van der Waals surface area (Å²) in [5.41, 5.74) is 1.59. The normalized spacial score (nSPS) is 10.5. The highest BCUT2D eigenvalue weighted by atomic mass is 32.1. The Hall–Kier alpha value is -2.67. The van der Waals surface area contributed by atoms with Crippen molar-refractivity contribution < 1.29 is 19.5 Å². The number of aryl methyl sites for hydroxylation is 1. The largest absolute Gasteiger partial charge is 0.478 e. The van der Waals surface area contributed by atoms with Gasteiger partial charge in [-0.3, -0.25) is 9.59 Å². The highest BCUT2D eigenvalue weighted by Gasteiger charge is 2.22. The Morgan fingerprint density at radius 1 is 1.19 bits per heavy atom. The number of carbonyl (C=O) groups is 3. The van der Waals surface area contributed by atoms with E-state index < -0.39 is 11.9 Å². The van der Waals surface area contributed by atoms with Gasteiger partial charge in [0.1, 0.15) is 5.00 Å². The first-order valence-corrected chi connectivity index (χ1v) is 9.14. The molecule has 6 nitrogen and oxygen atoms in total. The van der Waals surface area contributed by atoms with Gasteiger partial charge in [0, 0.05) is 29.6 Å². The van der Waals surface area contributed by atoms with Crippen LogP contribution in [0.25, 0.3) is 0 Å². The first kappa shape index (κ1) is 19.7. The number of carbonyl (C=O) groups excluding carboxylic acids is 2. The van der Waals surface area contributed by atoms with Crippen LogP contribution >= 0.6 is 11.3 Å². The Bertz CT molecular complexity index is 857. The van der Waals surface area contributed by atoms with E-state index in [2.05, 4.69) is 5.32 Å². The van der Waals surface area contributed by atoms with Crippen molar-refractivity contribution >= 4 is 34.1 Å². The van der Waals surface area contributed by atoms with Crippen molar-refractivity contribution in [1.29, 1.82) is 0 Å². The monoisotopic (exact) mass is 374 g/mol. The zero-order valence-corrected chi connectivity index (χ0v) is 16.1. The van der Waals surface area contributed by atoms with Crippen LogP contribution in [0.2, 0.25) is 0 Å². The molecule has 0 spiro atoms. The van der Waals surface area contributed by atoms with Gasteiger partial charge in [-0.2, -0.15) is 0 Å². The second kappa shape index (κ2) is 8.14. The van der Waals surface area contributed by atoms with E-state index in [-0.39, 0.29) is 11.5 Å². The molecule has 0 atom stereocenters.